The van der Waals surface area contributed by atoms with Gasteiger partial charge < -0.3 is 34.5 Å². The molecule has 2 heterocycles. The van der Waals surface area contributed by atoms with E-state index in [1.165, 1.54) is 41.9 Å². The minimum atomic E-state index is 0. The van der Waals surface area contributed by atoms with E-state index in [0.29, 0.717) is 0 Å². The van der Waals surface area contributed by atoms with Gasteiger partial charge in [-0.1, -0.05) is 12.1 Å². The molecule has 2 aromatic carbocycles. The van der Waals surface area contributed by atoms with Crippen molar-refractivity contribution in [3.63, 3.8) is 0 Å². The molecular weight excluding hydrogens is 419 g/mol. The summed E-state index contributed by atoms with van der Waals surface area (Å²) in [7, 11) is 1.71. The smallest absolute Gasteiger partial charge is 0.368 e. The van der Waals surface area contributed by atoms with Crippen LogP contribution in [-0.2, 0) is 6.54 Å². The second-order valence-electron chi connectivity index (χ2n) is 7.29. The zero-order valence-corrected chi connectivity index (χ0v) is 19.3. The molecule has 0 saturated carbocycles. The molecule has 2 N–H and O–H groups in total. The van der Waals surface area contributed by atoms with E-state index in [9.17, 15) is 0 Å². The molecule has 0 aliphatic carbocycles. The first-order chi connectivity index (χ1) is 13.7. The van der Waals surface area contributed by atoms with E-state index in [2.05, 4.69) is 70.4 Å². The number of quaternary nitrogens is 1. The van der Waals surface area contributed by atoms with Gasteiger partial charge in [0.05, 0.1) is 33.3 Å². The number of imidazole rings is 2. The fourth-order valence-corrected chi connectivity index (χ4v) is 4.03. The standard InChI is InChI=1S/C23H28N4O.2ClH/c1-4-25(5-2)15-8-16-26-22(18-11-13-19(28-3)14-12-18)17-27-21-10-7-6-9-20(21)24-23(26)27;;/h6-7,9-14,17H,4-5,8,15-16H2,1-3H3;2*1H. The van der Waals surface area contributed by atoms with Gasteiger partial charge in [-0.25, -0.2) is 9.55 Å². The highest BCUT2D eigenvalue weighted by molar-refractivity contribution is 5.74. The van der Waals surface area contributed by atoms with Gasteiger partial charge in [-0.3, -0.25) is 0 Å². The molecule has 0 atom stereocenters. The van der Waals surface area contributed by atoms with Crippen molar-refractivity contribution in [2.24, 2.45) is 0 Å². The van der Waals surface area contributed by atoms with Gasteiger partial charge in [0.25, 0.3) is 0 Å². The van der Waals surface area contributed by atoms with Crippen LogP contribution in [0.3, 0.4) is 0 Å². The summed E-state index contributed by atoms with van der Waals surface area (Å²) in [5.41, 5.74) is 4.81. The van der Waals surface area contributed by atoms with Crippen LogP contribution in [0.25, 0.3) is 28.1 Å². The van der Waals surface area contributed by atoms with Crippen molar-refractivity contribution in [3.05, 3.63) is 54.7 Å². The van der Waals surface area contributed by atoms with Crippen LogP contribution in [0.1, 0.15) is 20.3 Å². The van der Waals surface area contributed by atoms with E-state index in [0.717, 1.165) is 24.5 Å². The highest BCUT2D eigenvalue weighted by atomic mass is 35.5. The topological polar surface area (TPSA) is 38.5 Å². The van der Waals surface area contributed by atoms with Gasteiger partial charge in [0.1, 0.15) is 28.7 Å². The zero-order valence-electron chi connectivity index (χ0n) is 17.8. The van der Waals surface area contributed by atoms with Gasteiger partial charge >= 0.3 is 5.78 Å². The van der Waals surface area contributed by atoms with Crippen molar-refractivity contribution in [3.8, 4) is 17.0 Å². The molecule has 0 spiro atoms. The second kappa shape index (κ2) is 10.7. The molecule has 4 aromatic rings. The Morgan fingerprint density at radius 2 is 1.70 bits per heavy atom. The SMILES string of the molecule is CC[NH+](CC)CCCn1c(-c2ccc(OC)cc2)c[n+]2c3ccccc3[nH]c12.[Cl-].[Cl-]. The average Bonchev–Trinajstić information content (AvgIpc) is 3.28. The Kier molecular flexibility index (Phi) is 8.59. The Hall–Kier alpha value is -2.21. The zero-order chi connectivity index (χ0) is 19.5. The molecule has 0 fully saturated rings. The van der Waals surface area contributed by atoms with Crippen molar-refractivity contribution in [1.29, 1.82) is 0 Å². The summed E-state index contributed by atoms with van der Waals surface area (Å²) < 4.78 is 10.0. The number of H-pyrrole nitrogens is 1. The van der Waals surface area contributed by atoms with Gasteiger partial charge in [0, 0.05) is 12.0 Å². The number of nitrogens with one attached hydrogen (secondary N) is 2. The number of methoxy groups -OCH3 is 1. The molecule has 0 radical (unpaired) electrons. The minimum absolute atomic E-state index is 0. The fraction of sp³-hybridized carbons (Fsp3) is 0.348. The molecule has 5 nitrogen and oxygen atoms in total. The highest BCUT2D eigenvalue weighted by Gasteiger charge is 2.22. The normalized spacial score (nSPS) is 10.9. The Labute approximate surface area is 190 Å². The summed E-state index contributed by atoms with van der Waals surface area (Å²) in [6.07, 6.45) is 3.40. The number of halogens is 2. The molecule has 0 aliphatic heterocycles. The number of benzene rings is 2. The molecule has 2 aromatic heterocycles. The predicted molar refractivity (Wildman–Crippen MR) is 113 cm³/mol. The number of ether oxygens (including phenoxy) is 1. The number of hydrogen-bond acceptors (Lipinski definition) is 1. The van der Waals surface area contributed by atoms with E-state index in [4.69, 9.17) is 4.74 Å². The summed E-state index contributed by atoms with van der Waals surface area (Å²) in [6.45, 7) is 9.09. The summed E-state index contributed by atoms with van der Waals surface area (Å²) >= 11 is 0. The molecule has 30 heavy (non-hydrogen) atoms. The first-order valence-electron chi connectivity index (χ1n) is 10.2. The third kappa shape index (κ3) is 4.59. The van der Waals surface area contributed by atoms with Crippen LogP contribution in [0.2, 0.25) is 0 Å². The number of fused-ring (bicyclic) bond motifs is 3. The van der Waals surface area contributed by atoms with Crippen molar-refractivity contribution in [1.82, 2.24) is 9.55 Å². The van der Waals surface area contributed by atoms with Crippen molar-refractivity contribution in [2.45, 2.75) is 26.8 Å². The van der Waals surface area contributed by atoms with Gasteiger partial charge in [-0.15, -0.1) is 0 Å². The first-order valence-corrected chi connectivity index (χ1v) is 10.2. The lowest BCUT2D eigenvalue weighted by Crippen LogP contribution is -3.11. The van der Waals surface area contributed by atoms with E-state index in [-0.39, 0.29) is 24.8 Å². The number of aromatic nitrogens is 3. The number of nitrogens with zero attached hydrogens (tertiary/aromatic N) is 2. The summed E-state index contributed by atoms with van der Waals surface area (Å²) in [6, 6.07) is 16.8. The summed E-state index contributed by atoms with van der Waals surface area (Å²) in [4.78, 5) is 5.27. The van der Waals surface area contributed by atoms with Crippen molar-refractivity contribution in [2.75, 3.05) is 26.7 Å². The van der Waals surface area contributed by atoms with Crippen LogP contribution >= 0.6 is 0 Å². The number of rotatable bonds is 8. The molecule has 0 saturated heterocycles. The van der Waals surface area contributed by atoms with E-state index in [1.54, 1.807) is 12.0 Å². The Morgan fingerprint density at radius 1 is 1.00 bits per heavy atom. The van der Waals surface area contributed by atoms with Crippen LogP contribution < -0.4 is 38.9 Å². The van der Waals surface area contributed by atoms with Gasteiger partial charge in [0.15, 0.2) is 0 Å². The van der Waals surface area contributed by atoms with Gasteiger partial charge in [0.2, 0.25) is 0 Å². The highest BCUT2D eigenvalue weighted by Crippen LogP contribution is 2.25. The quantitative estimate of drug-likeness (QED) is 0.272. The number of aryl methyl sites for hydroxylation is 1. The second-order valence-corrected chi connectivity index (χ2v) is 7.29. The molecule has 4 rings (SSSR count). The maximum absolute atomic E-state index is 5.33. The average molecular weight is 449 g/mol. The lowest BCUT2D eigenvalue weighted by Gasteiger charge is -2.14. The van der Waals surface area contributed by atoms with Crippen LogP contribution in [0, 0.1) is 0 Å². The molecule has 0 unspecified atom stereocenters. The largest absolute Gasteiger partial charge is 1.00 e. The van der Waals surface area contributed by atoms with E-state index in [1.807, 2.05) is 12.1 Å². The molecule has 0 bridgehead atoms. The van der Waals surface area contributed by atoms with E-state index >= 15 is 0 Å². The monoisotopic (exact) mass is 448 g/mol. The number of para-hydroxylation sites is 2. The molecule has 0 amide bonds. The molecule has 0 aliphatic rings. The maximum atomic E-state index is 5.33. The molecule has 162 valence electrons. The Bertz CT molecular complexity index is 1070. The third-order valence-electron chi connectivity index (χ3n) is 5.73. The minimum Gasteiger partial charge on any atom is -1.00 e. The van der Waals surface area contributed by atoms with Crippen LogP contribution in [0.15, 0.2) is 54.7 Å². The first kappa shape index (κ1) is 24.1. The summed E-state index contributed by atoms with van der Waals surface area (Å²) in [5.74, 6) is 2.03. The molecular formula is C23H30Cl2N4O. The number of aromatic amines is 1. The van der Waals surface area contributed by atoms with Crippen LogP contribution in [-0.4, -0.2) is 36.3 Å². The lowest BCUT2D eigenvalue weighted by molar-refractivity contribution is -0.896. The summed E-state index contributed by atoms with van der Waals surface area (Å²) in [5, 5.41) is 0. The van der Waals surface area contributed by atoms with Crippen molar-refractivity contribution < 1.29 is 38.9 Å². The predicted octanol–water partition coefficient (Wildman–Crippen LogP) is -3.29. The fourth-order valence-electron chi connectivity index (χ4n) is 4.03. The third-order valence-corrected chi connectivity index (χ3v) is 5.73. The Balaban J connectivity index is 0.00000160. The van der Waals surface area contributed by atoms with Crippen LogP contribution in [0.5, 0.6) is 5.75 Å². The Morgan fingerprint density at radius 3 is 2.37 bits per heavy atom. The van der Waals surface area contributed by atoms with Gasteiger partial charge in [-0.05, 0) is 50.2 Å². The lowest BCUT2D eigenvalue weighted by atomic mass is 10.1. The van der Waals surface area contributed by atoms with Crippen LogP contribution in [0.4, 0.5) is 0 Å². The maximum Gasteiger partial charge on any atom is 0.368 e. The van der Waals surface area contributed by atoms with E-state index < -0.39 is 0 Å². The van der Waals surface area contributed by atoms with Gasteiger partial charge in [-0.2, -0.15) is 4.40 Å². The van der Waals surface area contributed by atoms with Crippen molar-refractivity contribution >= 4 is 16.8 Å². The number of hydrogen-bond donors (Lipinski definition) is 2. The molecule has 7 heteroatoms.